The van der Waals surface area contributed by atoms with Crippen molar-refractivity contribution in [2.45, 2.75) is 25.8 Å². The molecule has 6 heteroatoms. The summed E-state index contributed by atoms with van der Waals surface area (Å²) in [5.41, 5.74) is 1.66. The molecule has 1 N–H and O–H groups in total. The van der Waals surface area contributed by atoms with Crippen molar-refractivity contribution in [2.75, 3.05) is 20.1 Å². The summed E-state index contributed by atoms with van der Waals surface area (Å²) in [5, 5.41) is 7.37. The first kappa shape index (κ1) is 15.0. The first-order valence-electron chi connectivity index (χ1n) is 6.08. The maximum Gasteiger partial charge on any atom is 0.257 e. The van der Waals surface area contributed by atoms with E-state index in [0.717, 1.165) is 37.2 Å². The molecule has 1 aromatic rings. The fourth-order valence-corrected chi connectivity index (χ4v) is 2.28. The molecule has 0 spiro atoms. The molecule has 1 unspecified atom stereocenters. The van der Waals surface area contributed by atoms with Gasteiger partial charge in [-0.2, -0.15) is 5.10 Å². The zero-order chi connectivity index (χ0) is 12.4. The van der Waals surface area contributed by atoms with Crippen molar-refractivity contribution in [2.24, 2.45) is 7.05 Å². The van der Waals surface area contributed by atoms with Gasteiger partial charge in [0.1, 0.15) is 0 Å². The summed E-state index contributed by atoms with van der Waals surface area (Å²) < 4.78 is 1.74. The van der Waals surface area contributed by atoms with Gasteiger partial charge in [-0.15, -0.1) is 12.4 Å². The fraction of sp³-hybridized carbons (Fsp3) is 0.667. The van der Waals surface area contributed by atoms with Crippen LogP contribution in [-0.2, 0) is 7.05 Å². The van der Waals surface area contributed by atoms with Gasteiger partial charge in [0, 0.05) is 31.9 Å². The highest BCUT2D eigenvalue weighted by molar-refractivity contribution is 5.95. The van der Waals surface area contributed by atoms with Crippen LogP contribution in [0.5, 0.6) is 0 Å². The van der Waals surface area contributed by atoms with Gasteiger partial charge in [-0.3, -0.25) is 9.48 Å². The molecule has 1 amide bonds. The van der Waals surface area contributed by atoms with Crippen molar-refractivity contribution < 1.29 is 4.79 Å². The second-order valence-corrected chi connectivity index (χ2v) is 4.65. The molecule has 18 heavy (non-hydrogen) atoms. The summed E-state index contributed by atoms with van der Waals surface area (Å²) >= 11 is 0. The minimum atomic E-state index is 0. The third-order valence-electron chi connectivity index (χ3n) is 3.58. The van der Waals surface area contributed by atoms with Crippen LogP contribution in [0.15, 0.2) is 6.20 Å². The molecule has 1 saturated heterocycles. The van der Waals surface area contributed by atoms with Gasteiger partial charge < -0.3 is 10.2 Å². The molecule has 0 bridgehead atoms. The molecule has 1 aliphatic rings. The predicted molar refractivity (Wildman–Crippen MR) is 73.2 cm³/mol. The van der Waals surface area contributed by atoms with Crippen molar-refractivity contribution in [3.05, 3.63) is 17.5 Å². The van der Waals surface area contributed by atoms with Gasteiger partial charge in [0.2, 0.25) is 0 Å². The van der Waals surface area contributed by atoms with Crippen molar-refractivity contribution in [3.63, 3.8) is 0 Å². The largest absolute Gasteiger partial charge is 0.337 e. The zero-order valence-electron chi connectivity index (χ0n) is 11.1. The van der Waals surface area contributed by atoms with E-state index in [0.29, 0.717) is 6.04 Å². The lowest BCUT2D eigenvalue weighted by atomic mass is 10.0. The van der Waals surface area contributed by atoms with E-state index in [9.17, 15) is 4.79 Å². The topological polar surface area (TPSA) is 50.2 Å². The third kappa shape index (κ3) is 2.84. The maximum atomic E-state index is 12.3. The number of carbonyl (C=O) groups excluding carboxylic acids is 1. The number of hydrogen-bond acceptors (Lipinski definition) is 3. The van der Waals surface area contributed by atoms with Crippen LogP contribution in [0.25, 0.3) is 0 Å². The van der Waals surface area contributed by atoms with Gasteiger partial charge in [-0.05, 0) is 26.8 Å². The van der Waals surface area contributed by atoms with Crippen LogP contribution in [0.3, 0.4) is 0 Å². The molecule has 0 radical (unpaired) electrons. The van der Waals surface area contributed by atoms with E-state index < -0.39 is 0 Å². The minimum absolute atomic E-state index is 0. The highest BCUT2D eigenvalue weighted by atomic mass is 35.5. The van der Waals surface area contributed by atoms with Gasteiger partial charge in [0.05, 0.1) is 11.8 Å². The first-order chi connectivity index (χ1) is 8.13. The molecular weight excluding hydrogens is 252 g/mol. The molecule has 1 atom stereocenters. The van der Waals surface area contributed by atoms with Gasteiger partial charge in [0.25, 0.3) is 5.91 Å². The van der Waals surface area contributed by atoms with E-state index in [2.05, 4.69) is 10.4 Å². The number of aromatic nitrogens is 2. The van der Waals surface area contributed by atoms with Crippen LogP contribution in [-0.4, -0.2) is 46.8 Å². The van der Waals surface area contributed by atoms with Crippen LogP contribution in [0.4, 0.5) is 0 Å². The normalized spacial score (nSPS) is 19.5. The minimum Gasteiger partial charge on any atom is -0.337 e. The molecule has 2 rings (SSSR count). The lowest BCUT2D eigenvalue weighted by molar-refractivity contribution is 0.0697. The summed E-state index contributed by atoms with van der Waals surface area (Å²) in [5.74, 6) is 0.107. The highest BCUT2D eigenvalue weighted by Crippen LogP contribution is 2.15. The molecule has 0 saturated carbocycles. The average Bonchev–Trinajstić information content (AvgIpc) is 2.69. The number of likely N-dealkylation sites (tertiary alicyclic amines) is 1. The molecule has 102 valence electrons. The van der Waals surface area contributed by atoms with Crippen LogP contribution in [0.1, 0.15) is 28.9 Å². The van der Waals surface area contributed by atoms with Gasteiger partial charge in [0.15, 0.2) is 0 Å². The number of amides is 1. The van der Waals surface area contributed by atoms with Crippen LogP contribution in [0, 0.1) is 6.92 Å². The molecule has 1 fully saturated rings. The molecule has 1 aliphatic heterocycles. The van der Waals surface area contributed by atoms with Crippen LogP contribution >= 0.6 is 12.4 Å². The summed E-state index contributed by atoms with van der Waals surface area (Å²) in [6, 6.07) is 0.421. The third-order valence-corrected chi connectivity index (χ3v) is 3.58. The number of nitrogens with zero attached hydrogens (tertiary/aromatic N) is 3. The fourth-order valence-electron chi connectivity index (χ4n) is 2.28. The highest BCUT2D eigenvalue weighted by Gasteiger charge is 2.25. The van der Waals surface area contributed by atoms with E-state index in [1.807, 2.05) is 25.9 Å². The molecule has 0 aliphatic carbocycles. The van der Waals surface area contributed by atoms with E-state index in [1.54, 1.807) is 10.9 Å². The summed E-state index contributed by atoms with van der Waals surface area (Å²) in [7, 11) is 3.81. The van der Waals surface area contributed by atoms with Crippen molar-refractivity contribution >= 4 is 18.3 Å². The zero-order valence-corrected chi connectivity index (χ0v) is 12.0. The smallest absolute Gasteiger partial charge is 0.257 e. The summed E-state index contributed by atoms with van der Waals surface area (Å²) in [4.78, 5) is 14.3. The Hall–Kier alpha value is -1.07. The Labute approximate surface area is 114 Å². The Morgan fingerprint density at radius 2 is 2.28 bits per heavy atom. The summed E-state index contributed by atoms with van der Waals surface area (Å²) in [6.07, 6.45) is 3.88. The Balaban J connectivity index is 0.00000162. The van der Waals surface area contributed by atoms with Gasteiger partial charge >= 0.3 is 0 Å². The quantitative estimate of drug-likeness (QED) is 0.873. The maximum absolute atomic E-state index is 12.3. The lowest BCUT2D eigenvalue weighted by Gasteiger charge is -2.32. The number of aryl methyl sites for hydroxylation is 1. The SMILES string of the molecule is CNC1CCCN(C(=O)c2cnn(C)c2C)C1.Cl. The monoisotopic (exact) mass is 272 g/mol. The van der Waals surface area contributed by atoms with E-state index in [-0.39, 0.29) is 18.3 Å². The number of halogens is 1. The van der Waals surface area contributed by atoms with Crippen molar-refractivity contribution in [1.29, 1.82) is 0 Å². The Morgan fingerprint density at radius 1 is 1.56 bits per heavy atom. The number of rotatable bonds is 2. The predicted octanol–water partition coefficient (Wildman–Crippen LogP) is 0.974. The molecule has 2 heterocycles. The lowest BCUT2D eigenvalue weighted by Crippen LogP contribution is -2.47. The standard InChI is InChI=1S/C12H20N4O.ClH/c1-9-11(7-14-15(9)3)12(17)16-6-4-5-10(8-16)13-2;/h7,10,13H,4-6,8H2,1-3H3;1H. The first-order valence-corrected chi connectivity index (χ1v) is 6.08. The number of likely N-dealkylation sites (N-methyl/N-ethyl adjacent to an activating group) is 1. The van der Waals surface area contributed by atoms with Crippen LogP contribution in [0.2, 0.25) is 0 Å². The van der Waals surface area contributed by atoms with Gasteiger partial charge in [-0.25, -0.2) is 0 Å². The molecule has 0 aromatic carbocycles. The van der Waals surface area contributed by atoms with Gasteiger partial charge in [-0.1, -0.05) is 0 Å². The molecular formula is C12H21ClN4O. The average molecular weight is 273 g/mol. The Bertz CT molecular complexity index is 418. The summed E-state index contributed by atoms with van der Waals surface area (Å²) in [6.45, 7) is 3.58. The number of hydrogen-bond donors (Lipinski definition) is 1. The van der Waals surface area contributed by atoms with E-state index >= 15 is 0 Å². The number of piperidine rings is 1. The molecule has 1 aromatic heterocycles. The Morgan fingerprint density at radius 3 is 2.83 bits per heavy atom. The number of nitrogens with one attached hydrogen (secondary N) is 1. The van der Waals surface area contributed by atoms with Crippen molar-refractivity contribution in [1.82, 2.24) is 20.0 Å². The second kappa shape index (κ2) is 6.20. The van der Waals surface area contributed by atoms with Crippen molar-refractivity contribution in [3.8, 4) is 0 Å². The van der Waals surface area contributed by atoms with Crippen LogP contribution < -0.4 is 5.32 Å². The Kier molecular flexibility index (Phi) is 5.16. The number of carbonyl (C=O) groups is 1. The second-order valence-electron chi connectivity index (χ2n) is 4.65. The van der Waals surface area contributed by atoms with E-state index in [1.165, 1.54) is 0 Å². The van der Waals surface area contributed by atoms with E-state index in [4.69, 9.17) is 0 Å². The molecule has 5 nitrogen and oxygen atoms in total.